The van der Waals surface area contributed by atoms with Gasteiger partial charge in [0, 0.05) is 6.21 Å². The number of hydrogen-bond acceptors (Lipinski definition) is 1. The molecule has 0 aromatic heterocycles. The molecule has 0 aliphatic rings. The van der Waals surface area contributed by atoms with Gasteiger partial charge in [-0.2, -0.15) is 0 Å². The minimum absolute atomic E-state index is 0.864. The number of nitrogens with zero attached hydrogens (tertiary/aromatic N) is 1. The van der Waals surface area contributed by atoms with E-state index in [1.165, 1.54) is 6.21 Å². The molecule has 66 valence electrons. The molecule has 0 fully saturated rings. The summed E-state index contributed by atoms with van der Waals surface area (Å²) < 4.78 is 0. The summed E-state index contributed by atoms with van der Waals surface area (Å²) in [7, 11) is 0. The molecule has 0 radical (unpaired) electrons. The molecule has 0 amide bonds. The van der Waals surface area contributed by atoms with Gasteiger partial charge in [-0.1, -0.05) is 34.3 Å². The van der Waals surface area contributed by atoms with Gasteiger partial charge in [-0.15, -0.1) is 0 Å². The summed E-state index contributed by atoms with van der Waals surface area (Å²) in [4.78, 5) is 3.49. The Morgan fingerprint density at radius 1 is 1.27 bits per heavy atom. The van der Waals surface area contributed by atoms with Gasteiger partial charge in [0.2, 0.25) is 0 Å². The van der Waals surface area contributed by atoms with Crippen molar-refractivity contribution in [2.75, 3.05) is 0 Å². The molecule has 0 heterocycles. The van der Waals surface area contributed by atoms with Crippen molar-refractivity contribution >= 4 is 12.6 Å². The predicted octanol–water partition coefficient (Wildman–Crippen LogP) is 3.29. The van der Waals surface area contributed by atoms with Gasteiger partial charge < -0.3 is 0 Å². The summed E-state index contributed by atoms with van der Waals surface area (Å²) in [6.45, 7) is 13.4. The van der Waals surface area contributed by atoms with Gasteiger partial charge in [-0.3, -0.25) is 5.41 Å². The Kier molecular flexibility index (Phi) is 34.6. The van der Waals surface area contributed by atoms with Crippen LogP contribution in [0.1, 0.15) is 34.6 Å². The first kappa shape index (κ1) is 16.6. The highest BCUT2D eigenvalue weighted by Crippen LogP contribution is 1.75. The maximum Gasteiger partial charge on any atom is 0.106 e. The molecule has 0 aromatic rings. The number of rotatable bonds is 2. The monoisotopic (exact) mass is 156 g/mol. The largest absolute Gasteiger partial charge is 0.290 e. The minimum atomic E-state index is 0.864. The molecule has 0 spiro atoms. The van der Waals surface area contributed by atoms with Crippen LogP contribution in [-0.4, -0.2) is 12.6 Å². The van der Waals surface area contributed by atoms with Gasteiger partial charge >= 0.3 is 0 Å². The molecule has 11 heavy (non-hydrogen) atoms. The smallest absolute Gasteiger partial charge is 0.106 e. The zero-order chi connectivity index (χ0) is 9.70. The summed E-state index contributed by atoms with van der Waals surface area (Å²) in [5, 5.41) is 6.43. The fourth-order valence-electron chi connectivity index (χ4n) is 0.165. The van der Waals surface area contributed by atoms with Crippen molar-refractivity contribution in [2.45, 2.75) is 34.6 Å². The lowest BCUT2D eigenvalue weighted by Gasteiger charge is -1.75. The molecule has 0 aromatic carbocycles. The second-order valence-corrected chi connectivity index (χ2v) is 1.25. The van der Waals surface area contributed by atoms with Crippen LogP contribution in [-0.2, 0) is 0 Å². The molecular weight excluding hydrogens is 136 g/mol. The third kappa shape index (κ3) is 48.0. The van der Waals surface area contributed by atoms with Crippen LogP contribution >= 0.6 is 0 Å². The molecule has 1 N–H and O–H groups in total. The highest BCUT2D eigenvalue weighted by Gasteiger charge is 1.67. The van der Waals surface area contributed by atoms with E-state index in [1.54, 1.807) is 0 Å². The molecule has 2 heteroatoms. The first-order valence-corrected chi connectivity index (χ1v) is 3.95. The SMILES string of the molecule is C=C(C)C=NC=N.CC.CC. The van der Waals surface area contributed by atoms with Gasteiger partial charge in [0.1, 0.15) is 6.34 Å². The van der Waals surface area contributed by atoms with Crippen molar-refractivity contribution in [1.82, 2.24) is 0 Å². The zero-order valence-electron chi connectivity index (χ0n) is 8.31. The van der Waals surface area contributed by atoms with Crippen molar-refractivity contribution in [3.05, 3.63) is 12.2 Å². The van der Waals surface area contributed by atoms with Gasteiger partial charge in [0.05, 0.1) is 0 Å². The van der Waals surface area contributed by atoms with E-state index < -0.39 is 0 Å². The summed E-state index contributed by atoms with van der Waals surface area (Å²) in [5.41, 5.74) is 0.864. The lowest BCUT2D eigenvalue weighted by atomic mass is 10.4. The Hall–Kier alpha value is -0.920. The third-order valence-electron chi connectivity index (χ3n) is 0.369. The average molecular weight is 156 g/mol. The Bertz CT molecular complexity index is 104. The zero-order valence-corrected chi connectivity index (χ0v) is 8.31. The molecule has 0 rings (SSSR count). The quantitative estimate of drug-likeness (QED) is 0.470. The molecule has 0 saturated carbocycles. The fourth-order valence-corrected chi connectivity index (χ4v) is 0.165. The molecule has 0 atom stereocenters. The fraction of sp³-hybridized carbons (Fsp3) is 0.556. The maximum atomic E-state index is 6.43. The Balaban J connectivity index is -0.000000138. The van der Waals surface area contributed by atoms with Crippen molar-refractivity contribution in [1.29, 1.82) is 5.41 Å². The van der Waals surface area contributed by atoms with E-state index in [-0.39, 0.29) is 0 Å². The van der Waals surface area contributed by atoms with Crippen LogP contribution in [0, 0.1) is 5.41 Å². The number of hydrogen-bond donors (Lipinski definition) is 1. The van der Waals surface area contributed by atoms with E-state index in [1.807, 2.05) is 34.6 Å². The summed E-state index contributed by atoms with van der Waals surface area (Å²) >= 11 is 0. The first-order valence-electron chi connectivity index (χ1n) is 3.95. The molecule has 0 bridgehead atoms. The van der Waals surface area contributed by atoms with Gasteiger partial charge in [0.25, 0.3) is 0 Å². The van der Waals surface area contributed by atoms with Gasteiger partial charge in [0.15, 0.2) is 0 Å². The van der Waals surface area contributed by atoms with E-state index in [2.05, 4.69) is 11.6 Å². The molecule has 0 saturated heterocycles. The molecule has 2 nitrogen and oxygen atoms in total. The number of allylic oxidation sites excluding steroid dienone is 1. The summed E-state index contributed by atoms with van der Waals surface area (Å²) in [5.74, 6) is 0. The predicted molar refractivity (Wildman–Crippen MR) is 54.8 cm³/mol. The highest BCUT2D eigenvalue weighted by atomic mass is 14.7. The van der Waals surface area contributed by atoms with E-state index in [9.17, 15) is 0 Å². The van der Waals surface area contributed by atoms with Crippen LogP contribution in [0.2, 0.25) is 0 Å². The summed E-state index contributed by atoms with van der Waals surface area (Å²) in [6.07, 6.45) is 2.52. The van der Waals surface area contributed by atoms with Crippen LogP contribution < -0.4 is 0 Å². The van der Waals surface area contributed by atoms with E-state index in [0.717, 1.165) is 11.9 Å². The minimum Gasteiger partial charge on any atom is -0.290 e. The number of nitrogens with one attached hydrogen (secondary N) is 1. The van der Waals surface area contributed by atoms with Crippen LogP contribution in [0.25, 0.3) is 0 Å². The Morgan fingerprint density at radius 2 is 1.64 bits per heavy atom. The third-order valence-corrected chi connectivity index (χ3v) is 0.369. The molecule has 0 unspecified atom stereocenters. The van der Waals surface area contributed by atoms with E-state index in [4.69, 9.17) is 5.41 Å². The lowest BCUT2D eigenvalue weighted by Crippen LogP contribution is -1.71. The normalized spacial score (nSPS) is 7.00. The lowest BCUT2D eigenvalue weighted by molar-refractivity contribution is 1.50. The topological polar surface area (TPSA) is 36.2 Å². The number of aliphatic imine (C=N–C) groups is 1. The Labute approximate surface area is 70.6 Å². The second kappa shape index (κ2) is 23.0. The van der Waals surface area contributed by atoms with Crippen LogP contribution in [0.5, 0.6) is 0 Å². The molecule has 0 aliphatic carbocycles. The second-order valence-electron chi connectivity index (χ2n) is 1.25. The molecule has 0 aliphatic heterocycles. The van der Waals surface area contributed by atoms with Crippen molar-refractivity contribution in [3.63, 3.8) is 0 Å². The van der Waals surface area contributed by atoms with Crippen molar-refractivity contribution in [2.24, 2.45) is 4.99 Å². The van der Waals surface area contributed by atoms with Crippen molar-refractivity contribution < 1.29 is 0 Å². The average Bonchev–Trinajstić information content (AvgIpc) is 2.08. The molecular formula is C9H20N2. The van der Waals surface area contributed by atoms with Crippen LogP contribution in [0.15, 0.2) is 17.1 Å². The van der Waals surface area contributed by atoms with Gasteiger partial charge in [-0.25, -0.2) is 4.99 Å². The van der Waals surface area contributed by atoms with E-state index >= 15 is 0 Å². The first-order chi connectivity index (χ1) is 5.27. The standard InChI is InChI=1S/C5H8N2.2C2H6/c1-5(2)3-7-4-6;2*1-2/h3-4,6H,1H2,2H3;2*1-2H3. The summed E-state index contributed by atoms with van der Waals surface area (Å²) in [6, 6.07) is 0. The van der Waals surface area contributed by atoms with Crippen LogP contribution in [0.4, 0.5) is 0 Å². The maximum absolute atomic E-state index is 6.43. The van der Waals surface area contributed by atoms with Crippen LogP contribution in [0.3, 0.4) is 0 Å². The highest BCUT2D eigenvalue weighted by molar-refractivity contribution is 5.82. The Morgan fingerprint density at radius 3 is 1.73 bits per heavy atom. The van der Waals surface area contributed by atoms with E-state index in [0.29, 0.717) is 0 Å². The van der Waals surface area contributed by atoms with Crippen molar-refractivity contribution in [3.8, 4) is 0 Å². The van der Waals surface area contributed by atoms with Gasteiger partial charge in [-0.05, 0) is 12.5 Å².